The standard InChI is InChI=1S/C18H16F3N3O2/c1-3-25-14-6-4-5-12-9-15(26-17(12)14)11(2)23-24-16-8-7-13(10-22-16)18(19,20)21/h4-10H,3H2,1-2H3,(H,22,24)/b23-11-. The molecule has 0 saturated carbocycles. The van der Waals surface area contributed by atoms with Crippen LogP contribution in [0, 0.1) is 0 Å². The van der Waals surface area contributed by atoms with Crippen molar-refractivity contribution in [1.29, 1.82) is 0 Å². The number of hydrogen-bond acceptors (Lipinski definition) is 5. The van der Waals surface area contributed by atoms with Crippen molar-refractivity contribution in [2.75, 3.05) is 12.0 Å². The van der Waals surface area contributed by atoms with Crippen LogP contribution < -0.4 is 10.2 Å². The molecular formula is C18H16F3N3O2. The van der Waals surface area contributed by atoms with E-state index in [0.29, 0.717) is 29.4 Å². The smallest absolute Gasteiger partial charge is 0.417 e. The highest BCUT2D eigenvalue weighted by Crippen LogP contribution is 2.30. The molecule has 0 atom stereocenters. The number of rotatable bonds is 5. The molecule has 0 spiro atoms. The molecule has 1 aromatic carbocycles. The summed E-state index contributed by atoms with van der Waals surface area (Å²) in [6, 6.07) is 9.54. The van der Waals surface area contributed by atoms with E-state index in [-0.39, 0.29) is 5.82 Å². The van der Waals surface area contributed by atoms with Crippen molar-refractivity contribution in [2.24, 2.45) is 5.10 Å². The highest BCUT2D eigenvalue weighted by Gasteiger charge is 2.30. The monoisotopic (exact) mass is 363 g/mol. The lowest BCUT2D eigenvalue weighted by molar-refractivity contribution is -0.137. The Kier molecular flexibility index (Phi) is 4.83. The van der Waals surface area contributed by atoms with Crippen LogP contribution in [0.1, 0.15) is 25.2 Å². The van der Waals surface area contributed by atoms with Crippen LogP contribution in [-0.2, 0) is 6.18 Å². The molecule has 2 heterocycles. The molecule has 8 heteroatoms. The zero-order valence-corrected chi connectivity index (χ0v) is 14.1. The van der Waals surface area contributed by atoms with Crippen LogP contribution in [0.15, 0.2) is 52.1 Å². The Morgan fingerprint density at radius 1 is 1.27 bits per heavy atom. The zero-order chi connectivity index (χ0) is 18.7. The van der Waals surface area contributed by atoms with Gasteiger partial charge in [0.1, 0.15) is 11.5 Å². The van der Waals surface area contributed by atoms with Gasteiger partial charge in [-0.1, -0.05) is 12.1 Å². The average Bonchev–Trinajstić information content (AvgIpc) is 3.05. The van der Waals surface area contributed by atoms with E-state index < -0.39 is 11.7 Å². The second kappa shape index (κ2) is 7.07. The van der Waals surface area contributed by atoms with E-state index in [2.05, 4.69) is 15.5 Å². The van der Waals surface area contributed by atoms with Crippen LogP contribution in [0.3, 0.4) is 0 Å². The summed E-state index contributed by atoms with van der Waals surface area (Å²) in [5.74, 6) is 1.36. The number of aromatic nitrogens is 1. The Hall–Kier alpha value is -3.03. The van der Waals surface area contributed by atoms with Crippen molar-refractivity contribution in [1.82, 2.24) is 4.98 Å². The van der Waals surface area contributed by atoms with Gasteiger partial charge in [0.15, 0.2) is 17.1 Å². The number of fused-ring (bicyclic) bond motifs is 1. The van der Waals surface area contributed by atoms with Crippen molar-refractivity contribution in [3.63, 3.8) is 0 Å². The molecule has 0 fully saturated rings. The third-order valence-corrected chi connectivity index (χ3v) is 3.59. The van der Waals surface area contributed by atoms with Crippen molar-refractivity contribution in [3.05, 3.63) is 53.9 Å². The third-order valence-electron chi connectivity index (χ3n) is 3.59. The summed E-state index contributed by atoms with van der Waals surface area (Å²) in [6.45, 7) is 4.12. The number of nitrogens with one attached hydrogen (secondary N) is 1. The van der Waals surface area contributed by atoms with Gasteiger partial charge in [-0.05, 0) is 38.1 Å². The van der Waals surface area contributed by atoms with Crippen molar-refractivity contribution in [2.45, 2.75) is 20.0 Å². The molecule has 0 saturated heterocycles. The lowest BCUT2D eigenvalue weighted by Crippen LogP contribution is -2.06. The van der Waals surface area contributed by atoms with Gasteiger partial charge in [-0.25, -0.2) is 4.98 Å². The number of alkyl halides is 3. The number of furan rings is 1. The molecule has 0 aliphatic carbocycles. The molecule has 3 rings (SSSR count). The molecule has 136 valence electrons. The summed E-state index contributed by atoms with van der Waals surface area (Å²) in [6.07, 6.45) is -3.67. The van der Waals surface area contributed by atoms with Crippen LogP contribution in [0.5, 0.6) is 5.75 Å². The molecule has 2 aromatic heterocycles. The van der Waals surface area contributed by atoms with Gasteiger partial charge in [-0.3, -0.25) is 5.43 Å². The van der Waals surface area contributed by atoms with E-state index in [0.717, 1.165) is 17.6 Å². The first-order valence-electron chi connectivity index (χ1n) is 7.87. The van der Waals surface area contributed by atoms with Crippen LogP contribution >= 0.6 is 0 Å². The highest BCUT2D eigenvalue weighted by atomic mass is 19.4. The topological polar surface area (TPSA) is 59.6 Å². The van der Waals surface area contributed by atoms with E-state index in [1.54, 1.807) is 6.92 Å². The molecule has 1 N–H and O–H groups in total. The fourth-order valence-electron chi connectivity index (χ4n) is 2.31. The fraction of sp³-hybridized carbons (Fsp3) is 0.222. The van der Waals surface area contributed by atoms with E-state index in [9.17, 15) is 13.2 Å². The number of benzene rings is 1. The molecule has 3 aromatic rings. The van der Waals surface area contributed by atoms with E-state index in [1.807, 2.05) is 31.2 Å². The summed E-state index contributed by atoms with van der Waals surface area (Å²) in [5.41, 5.74) is 2.94. The molecule has 5 nitrogen and oxygen atoms in total. The minimum absolute atomic E-state index is 0.198. The summed E-state index contributed by atoms with van der Waals surface area (Å²) in [5, 5.41) is 4.98. The van der Waals surface area contributed by atoms with Gasteiger partial charge in [0, 0.05) is 11.6 Å². The molecule has 0 radical (unpaired) electrons. The molecule has 26 heavy (non-hydrogen) atoms. The summed E-state index contributed by atoms with van der Waals surface area (Å²) < 4.78 is 48.9. The zero-order valence-electron chi connectivity index (χ0n) is 14.1. The van der Waals surface area contributed by atoms with Crippen molar-refractivity contribution >= 4 is 22.5 Å². The van der Waals surface area contributed by atoms with E-state index >= 15 is 0 Å². The molecular weight excluding hydrogens is 347 g/mol. The first-order valence-corrected chi connectivity index (χ1v) is 7.87. The van der Waals surface area contributed by atoms with Crippen molar-refractivity contribution in [3.8, 4) is 5.75 Å². The molecule has 0 aliphatic heterocycles. The predicted octanol–water partition coefficient (Wildman–Crippen LogP) is 5.08. The minimum Gasteiger partial charge on any atom is -0.490 e. The van der Waals surface area contributed by atoms with Gasteiger partial charge in [-0.15, -0.1) is 0 Å². The summed E-state index contributed by atoms with van der Waals surface area (Å²) in [4.78, 5) is 3.70. The first-order chi connectivity index (χ1) is 12.4. The lowest BCUT2D eigenvalue weighted by Gasteiger charge is -2.06. The second-order valence-corrected chi connectivity index (χ2v) is 5.46. The second-order valence-electron chi connectivity index (χ2n) is 5.46. The molecule has 0 aliphatic rings. The van der Waals surface area contributed by atoms with Crippen LogP contribution in [0.4, 0.5) is 19.0 Å². The van der Waals surface area contributed by atoms with Crippen LogP contribution in [0.25, 0.3) is 11.0 Å². The van der Waals surface area contributed by atoms with Gasteiger partial charge in [-0.2, -0.15) is 18.3 Å². The number of ether oxygens (including phenoxy) is 1. The Labute approximate surface area is 147 Å². The van der Waals surface area contributed by atoms with Gasteiger partial charge in [0.05, 0.1) is 12.2 Å². The van der Waals surface area contributed by atoms with Crippen LogP contribution in [-0.4, -0.2) is 17.3 Å². The maximum Gasteiger partial charge on any atom is 0.417 e. The normalized spacial score (nSPS) is 12.4. The number of halogens is 3. The Morgan fingerprint density at radius 2 is 2.08 bits per heavy atom. The van der Waals surface area contributed by atoms with Gasteiger partial charge >= 0.3 is 6.18 Å². The van der Waals surface area contributed by atoms with Crippen LogP contribution in [0.2, 0.25) is 0 Å². The maximum atomic E-state index is 12.5. The number of para-hydroxylation sites is 1. The maximum absolute atomic E-state index is 12.5. The van der Waals surface area contributed by atoms with Gasteiger partial charge in [0.25, 0.3) is 0 Å². The van der Waals surface area contributed by atoms with Crippen molar-refractivity contribution < 1.29 is 22.3 Å². The number of anilines is 1. The number of nitrogens with zero attached hydrogens (tertiary/aromatic N) is 2. The highest BCUT2D eigenvalue weighted by molar-refractivity contribution is 6.00. The number of pyridine rings is 1. The van der Waals surface area contributed by atoms with Gasteiger partial charge < -0.3 is 9.15 Å². The third kappa shape index (κ3) is 3.79. The Bertz CT molecular complexity index is 931. The predicted molar refractivity (Wildman–Crippen MR) is 92.5 cm³/mol. The average molecular weight is 363 g/mol. The minimum atomic E-state index is -4.42. The Balaban J connectivity index is 1.79. The molecule has 0 bridgehead atoms. The van der Waals surface area contributed by atoms with Gasteiger partial charge in [0.2, 0.25) is 0 Å². The Morgan fingerprint density at radius 3 is 2.73 bits per heavy atom. The molecule has 0 unspecified atom stereocenters. The number of hydrogen-bond donors (Lipinski definition) is 1. The summed E-state index contributed by atoms with van der Waals surface area (Å²) >= 11 is 0. The quantitative estimate of drug-likeness (QED) is 0.507. The van der Waals surface area contributed by atoms with E-state index in [1.165, 1.54) is 6.07 Å². The largest absolute Gasteiger partial charge is 0.490 e. The van der Waals surface area contributed by atoms with E-state index in [4.69, 9.17) is 9.15 Å². The summed E-state index contributed by atoms with van der Waals surface area (Å²) in [7, 11) is 0. The first kappa shape index (κ1) is 17.8. The fourth-order valence-corrected chi connectivity index (χ4v) is 2.31. The lowest BCUT2D eigenvalue weighted by atomic mass is 10.2. The molecule has 0 amide bonds. The SMILES string of the molecule is CCOc1cccc2cc(/C(C)=N\Nc3ccc(C(F)(F)F)cn3)oc12. The number of hydrazone groups is 1.